The molecule has 3 aromatic rings. The van der Waals surface area contributed by atoms with Crippen molar-refractivity contribution in [3.05, 3.63) is 60.4 Å². The van der Waals surface area contributed by atoms with Crippen LogP contribution in [0.25, 0.3) is 22.2 Å². The molecule has 5 heteroatoms. The Morgan fingerprint density at radius 3 is 2.54 bits per heavy atom. The highest BCUT2D eigenvalue weighted by Crippen LogP contribution is 2.24. The Labute approximate surface area is 165 Å². The molecule has 1 amide bonds. The van der Waals surface area contributed by atoms with E-state index >= 15 is 0 Å². The number of fused-ring (bicyclic) bond motifs is 1. The van der Waals surface area contributed by atoms with Crippen LogP contribution < -0.4 is 5.32 Å². The standard InChI is InChI=1S/C23H26N4O/c28-23(25-13-16-27-14-5-1-2-6-15-27)20-17-22(18-9-11-24-12-10-18)26-21-8-4-3-7-19(20)21/h3-4,7-12,17H,1-2,5-6,13-16H2,(H,25,28). The van der Waals surface area contributed by atoms with Gasteiger partial charge in [0.05, 0.1) is 16.8 Å². The number of amides is 1. The van der Waals surface area contributed by atoms with Crippen LogP contribution in [0, 0.1) is 0 Å². The van der Waals surface area contributed by atoms with E-state index in [0.29, 0.717) is 12.1 Å². The summed E-state index contributed by atoms with van der Waals surface area (Å²) in [6.45, 7) is 3.85. The highest BCUT2D eigenvalue weighted by atomic mass is 16.1. The third-order valence-electron chi connectivity index (χ3n) is 5.35. The predicted molar refractivity (Wildman–Crippen MR) is 112 cm³/mol. The zero-order chi connectivity index (χ0) is 19.2. The molecule has 0 atom stereocenters. The molecule has 1 N–H and O–H groups in total. The van der Waals surface area contributed by atoms with E-state index < -0.39 is 0 Å². The number of nitrogens with one attached hydrogen (secondary N) is 1. The topological polar surface area (TPSA) is 58.1 Å². The lowest BCUT2D eigenvalue weighted by Crippen LogP contribution is -2.35. The molecular weight excluding hydrogens is 348 g/mol. The van der Waals surface area contributed by atoms with Crippen LogP contribution in [-0.2, 0) is 0 Å². The van der Waals surface area contributed by atoms with Gasteiger partial charge in [0.2, 0.25) is 0 Å². The van der Waals surface area contributed by atoms with Crippen molar-refractivity contribution in [2.24, 2.45) is 0 Å². The summed E-state index contributed by atoms with van der Waals surface area (Å²) in [7, 11) is 0. The second-order valence-electron chi connectivity index (χ2n) is 7.32. The number of likely N-dealkylation sites (tertiary alicyclic amines) is 1. The molecule has 2 aromatic heterocycles. The fourth-order valence-corrected chi connectivity index (χ4v) is 3.82. The van der Waals surface area contributed by atoms with Gasteiger partial charge in [0.15, 0.2) is 0 Å². The second-order valence-corrected chi connectivity index (χ2v) is 7.32. The van der Waals surface area contributed by atoms with E-state index in [9.17, 15) is 4.79 Å². The molecule has 1 aliphatic heterocycles. The highest BCUT2D eigenvalue weighted by molar-refractivity contribution is 6.07. The summed E-state index contributed by atoms with van der Waals surface area (Å²) in [5.74, 6) is -0.0382. The zero-order valence-electron chi connectivity index (χ0n) is 16.1. The van der Waals surface area contributed by atoms with E-state index in [4.69, 9.17) is 4.98 Å². The van der Waals surface area contributed by atoms with Crippen molar-refractivity contribution in [1.29, 1.82) is 0 Å². The van der Waals surface area contributed by atoms with E-state index in [0.717, 1.165) is 41.8 Å². The molecule has 1 aromatic carbocycles. The van der Waals surface area contributed by atoms with E-state index in [1.54, 1.807) is 12.4 Å². The van der Waals surface area contributed by atoms with Gasteiger partial charge in [-0.1, -0.05) is 31.0 Å². The van der Waals surface area contributed by atoms with Gasteiger partial charge in [0.1, 0.15) is 0 Å². The van der Waals surface area contributed by atoms with Crippen LogP contribution in [0.5, 0.6) is 0 Å². The molecule has 28 heavy (non-hydrogen) atoms. The smallest absolute Gasteiger partial charge is 0.252 e. The van der Waals surface area contributed by atoms with Crippen molar-refractivity contribution in [3.8, 4) is 11.3 Å². The Kier molecular flexibility index (Phi) is 5.92. The maximum absolute atomic E-state index is 13.0. The molecule has 3 heterocycles. The van der Waals surface area contributed by atoms with Crippen LogP contribution in [-0.4, -0.2) is 47.0 Å². The second kappa shape index (κ2) is 8.93. The van der Waals surface area contributed by atoms with Gasteiger partial charge >= 0.3 is 0 Å². The Hall–Kier alpha value is -2.79. The van der Waals surface area contributed by atoms with Gasteiger partial charge in [-0.2, -0.15) is 0 Å². The number of carbonyl (C=O) groups excluding carboxylic acids is 1. The molecule has 5 nitrogen and oxygen atoms in total. The van der Waals surface area contributed by atoms with Crippen LogP contribution in [0.15, 0.2) is 54.9 Å². The number of benzene rings is 1. The summed E-state index contributed by atoms with van der Waals surface area (Å²) in [6, 6.07) is 13.5. The summed E-state index contributed by atoms with van der Waals surface area (Å²) in [4.78, 5) is 24.2. The Morgan fingerprint density at radius 1 is 1.00 bits per heavy atom. The number of carbonyl (C=O) groups is 1. The predicted octanol–water partition coefficient (Wildman–Crippen LogP) is 3.90. The zero-order valence-corrected chi connectivity index (χ0v) is 16.1. The van der Waals surface area contributed by atoms with E-state index in [1.165, 1.54) is 25.7 Å². The van der Waals surface area contributed by atoms with Crippen molar-refractivity contribution >= 4 is 16.8 Å². The molecule has 0 aliphatic carbocycles. The van der Waals surface area contributed by atoms with Gasteiger partial charge in [0, 0.05) is 36.4 Å². The Morgan fingerprint density at radius 2 is 1.75 bits per heavy atom. The minimum Gasteiger partial charge on any atom is -0.351 e. The molecule has 1 aliphatic rings. The van der Waals surface area contributed by atoms with Gasteiger partial charge in [-0.15, -0.1) is 0 Å². The maximum Gasteiger partial charge on any atom is 0.252 e. The van der Waals surface area contributed by atoms with Gasteiger partial charge in [-0.05, 0) is 50.2 Å². The molecule has 144 valence electrons. The van der Waals surface area contributed by atoms with E-state index in [-0.39, 0.29) is 5.91 Å². The summed E-state index contributed by atoms with van der Waals surface area (Å²) in [6.07, 6.45) is 8.66. The van der Waals surface area contributed by atoms with Crippen molar-refractivity contribution in [3.63, 3.8) is 0 Å². The number of hydrogen-bond acceptors (Lipinski definition) is 4. The Bertz CT molecular complexity index is 934. The van der Waals surface area contributed by atoms with Crippen molar-refractivity contribution in [1.82, 2.24) is 20.2 Å². The summed E-state index contributed by atoms with van der Waals surface area (Å²) in [5, 5.41) is 4.00. The molecule has 1 saturated heterocycles. The third-order valence-corrected chi connectivity index (χ3v) is 5.35. The van der Waals surface area contributed by atoms with Crippen LogP contribution in [0.1, 0.15) is 36.0 Å². The molecule has 1 fully saturated rings. The van der Waals surface area contributed by atoms with E-state index in [2.05, 4.69) is 15.2 Å². The summed E-state index contributed by atoms with van der Waals surface area (Å²) < 4.78 is 0. The first-order valence-electron chi connectivity index (χ1n) is 10.1. The number of aromatic nitrogens is 2. The van der Waals surface area contributed by atoms with Crippen LogP contribution in [0.4, 0.5) is 0 Å². The number of para-hydroxylation sites is 1. The van der Waals surface area contributed by atoms with Crippen molar-refractivity contribution in [2.75, 3.05) is 26.2 Å². The van der Waals surface area contributed by atoms with Crippen LogP contribution >= 0.6 is 0 Å². The van der Waals surface area contributed by atoms with E-state index in [1.807, 2.05) is 42.5 Å². The number of hydrogen-bond donors (Lipinski definition) is 1. The number of pyridine rings is 2. The first-order chi connectivity index (χ1) is 13.8. The first kappa shape index (κ1) is 18.6. The molecule has 0 bridgehead atoms. The molecule has 0 spiro atoms. The van der Waals surface area contributed by atoms with Gasteiger partial charge < -0.3 is 10.2 Å². The normalized spacial score (nSPS) is 15.3. The summed E-state index contributed by atoms with van der Waals surface area (Å²) in [5.41, 5.74) is 3.25. The van der Waals surface area contributed by atoms with Gasteiger partial charge in [0.25, 0.3) is 5.91 Å². The summed E-state index contributed by atoms with van der Waals surface area (Å²) >= 11 is 0. The number of nitrogens with zero attached hydrogens (tertiary/aromatic N) is 3. The minimum absolute atomic E-state index is 0.0382. The quantitative estimate of drug-likeness (QED) is 0.736. The molecule has 0 saturated carbocycles. The fourth-order valence-electron chi connectivity index (χ4n) is 3.82. The lowest BCUT2D eigenvalue weighted by atomic mass is 10.0. The number of rotatable bonds is 5. The molecule has 4 rings (SSSR count). The van der Waals surface area contributed by atoms with Crippen LogP contribution in [0.3, 0.4) is 0 Å². The minimum atomic E-state index is -0.0382. The highest BCUT2D eigenvalue weighted by Gasteiger charge is 2.14. The lowest BCUT2D eigenvalue weighted by molar-refractivity contribution is 0.0950. The Balaban J connectivity index is 1.53. The molecule has 0 radical (unpaired) electrons. The fraction of sp³-hybridized carbons (Fsp3) is 0.348. The SMILES string of the molecule is O=C(NCCN1CCCCCC1)c1cc(-c2ccncc2)nc2ccccc12. The molecule has 0 unspecified atom stereocenters. The lowest BCUT2D eigenvalue weighted by Gasteiger charge is -2.20. The third kappa shape index (κ3) is 4.37. The maximum atomic E-state index is 13.0. The average Bonchev–Trinajstić information content (AvgIpc) is 3.02. The van der Waals surface area contributed by atoms with Gasteiger partial charge in [-0.25, -0.2) is 4.98 Å². The van der Waals surface area contributed by atoms with Crippen LogP contribution in [0.2, 0.25) is 0 Å². The molecular formula is C23H26N4O. The monoisotopic (exact) mass is 374 g/mol. The largest absolute Gasteiger partial charge is 0.351 e. The average molecular weight is 374 g/mol. The van der Waals surface area contributed by atoms with Crippen molar-refractivity contribution in [2.45, 2.75) is 25.7 Å². The van der Waals surface area contributed by atoms with Crippen molar-refractivity contribution < 1.29 is 4.79 Å². The van der Waals surface area contributed by atoms with Gasteiger partial charge in [-0.3, -0.25) is 9.78 Å². The first-order valence-corrected chi connectivity index (χ1v) is 10.1.